The van der Waals surface area contributed by atoms with Gasteiger partial charge >= 0.3 is 6.18 Å². The molecule has 0 aliphatic carbocycles. The number of aryl methyl sites for hydroxylation is 2. The molecule has 3 rings (SSSR count). The normalized spacial score (nSPS) is 12.5. The van der Waals surface area contributed by atoms with Crippen LogP contribution in [0.15, 0.2) is 66.7 Å². The zero-order chi connectivity index (χ0) is 23.5. The number of hydrogen-bond donors (Lipinski definition) is 1. The molecular formula is C25H24F4N2O. The second-order valence-corrected chi connectivity index (χ2v) is 7.67. The van der Waals surface area contributed by atoms with Gasteiger partial charge in [0.2, 0.25) is 5.91 Å². The number of alkyl halides is 3. The lowest BCUT2D eigenvalue weighted by Gasteiger charge is -2.27. The molecule has 0 aromatic heterocycles. The highest BCUT2D eigenvalue weighted by molar-refractivity contribution is 5.97. The summed E-state index contributed by atoms with van der Waals surface area (Å²) < 4.78 is 53.7. The number of benzene rings is 3. The highest BCUT2D eigenvalue weighted by Gasteiger charge is 2.35. The molecule has 0 aliphatic rings. The Hall–Kier alpha value is -3.19. The van der Waals surface area contributed by atoms with Gasteiger partial charge in [-0.15, -0.1) is 0 Å². The summed E-state index contributed by atoms with van der Waals surface area (Å²) in [6.45, 7) is 3.80. The lowest BCUT2D eigenvalue weighted by atomic mass is 10.0. The third-order valence-electron chi connectivity index (χ3n) is 5.48. The van der Waals surface area contributed by atoms with Gasteiger partial charge in [-0.2, -0.15) is 13.2 Å². The molecule has 2 N–H and O–H groups in total. The third kappa shape index (κ3) is 5.16. The van der Waals surface area contributed by atoms with Crippen LogP contribution in [0.5, 0.6) is 0 Å². The minimum Gasteiger partial charge on any atom is -0.316 e. The Morgan fingerprint density at radius 3 is 2.28 bits per heavy atom. The number of nitrogens with two attached hydrogens (primary N) is 1. The minimum absolute atomic E-state index is 0.0277. The first kappa shape index (κ1) is 23.5. The molecule has 3 aromatic carbocycles. The summed E-state index contributed by atoms with van der Waals surface area (Å²) in [6.07, 6.45) is -4.89. The monoisotopic (exact) mass is 444 g/mol. The summed E-state index contributed by atoms with van der Waals surface area (Å²) in [5, 5.41) is 0. The van der Waals surface area contributed by atoms with Crippen LogP contribution in [0.3, 0.4) is 0 Å². The number of carbonyl (C=O) groups is 1. The van der Waals surface area contributed by atoms with Crippen molar-refractivity contribution in [2.45, 2.75) is 32.5 Å². The van der Waals surface area contributed by atoms with Crippen molar-refractivity contribution >= 4 is 11.6 Å². The van der Waals surface area contributed by atoms with Crippen molar-refractivity contribution in [2.75, 3.05) is 11.4 Å². The fourth-order valence-corrected chi connectivity index (χ4v) is 3.45. The van der Waals surface area contributed by atoms with E-state index in [1.54, 1.807) is 36.4 Å². The fraction of sp³-hybridized carbons (Fsp3) is 0.240. The predicted molar refractivity (Wildman–Crippen MR) is 117 cm³/mol. The summed E-state index contributed by atoms with van der Waals surface area (Å²) >= 11 is 0. The second-order valence-electron chi connectivity index (χ2n) is 7.67. The van der Waals surface area contributed by atoms with Crippen LogP contribution in [0.1, 0.15) is 33.9 Å². The molecule has 3 aromatic rings. The van der Waals surface area contributed by atoms with E-state index in [0.29, 0.717) is 17.3 Å². The summed E-state index contributed by atoms with van der Waals surface area (Å²) in [4.78, 5) is 14.7. The fourth-order valence-electron chi connectivity index (χ4n) is 3.45. The molecule has 1 amide bonds. The predicted octanol–water partition coefficient (Wildman–Crippen LogP) is 5.74. The van der Waals surface area contributed by atoms with Gasteiger partial charge < -0.3 is 10.6 Å². The number of anilines is 1. The van der Waals surface area contributed by atoms with Crippen LogP contribution in [0.4, 0.5) is 23.2 Å². The first-order valence-electron chi connectivity index (χ1n) is 10.1. The summed E-state index contributed by atoms with van der Waals surface area (Å²) in [7, 11) is 0. The highest BCUT2D eigenvalue weighted by atomic mass is 19.4. The van der Waals surface area contributed by atoms with Crippen molar-refractivity contribution in [2.24, 2.45) is 5.73 Å². The van der Waals surface area contributed by atoms with Crippen LogP contribution in [0.2, 0.25) is 0 Å². The molecule has 7 heteroatoms. The first-order chi connectivity index (χ1) is 15.1. The van der Waals surface area contributed by atoms with Crippen LogP contribution in [0, 0.1) is 19.7 Å². The van der Waals surface area contributed by atoms with Crippen LogP contribution in [-0.4, -0.2) is 12.5 Å². The molecule has 0 spiro atoms. The molecule has 3 nitrogen and oxygen atoms in total. The van der Waals surface area contributed by atoms with E-state index in [1.165, 1.54) is 17.0 Å². The Kier molecular flexibility index (Phi) is 6.99. The molecule has 0 aliphatic heterocycles. The maximum absolute atomic E-state index is 14.5. The molecule has 1 atom stereocenters. The molecule has 0 heterocycles. The van der Waals surface area contributed by atoms with Crippen molar-refractivity contribution in [1.29, 1.82) is 0 Å². The van der Waals surface area contributed by atoms with Crippen LogP contribution in [-0.2, 0) is 17.4 Å². The van der Waals surface area contributed by atoms with E-state index in [2.05, 4.69) is 0 Å². The number of carbonyl (C=O) groups excluding carboxylic acids is 1. The van der Waals surface area contributed by atoms with E-state index in [9.17, 15) is 22.4 Å². The molecule has 0 bridgehead atoms. The van der Waals surface area contributed by atoms with Gasteiger partial charge in [0.05, 0.1) is 5.56 Å². The lowest BCUT2D eigenvalue weighted by Crippen LogP contribution is -2.40. The van der Waals surface area contributed by atoms with Gasteiger partial charge in [-0.05, 0) is 60.7 Å². The largest absolute Gasteiger partial charge is 0.419 e. The van der Waals surface area contributed by atoms with E-state index in [4.69, 9.17) is 5.73 Å². The average molecular weight is 444 g/mol. The SMILES string of the molecule is Cc1ccc(N(CCc2cccc(C(F)(F)F)c2F)C(=O)C(N)c2ccccc2)cc1C. The van der Waals surface area contributed by atoms with Gasteiger partial charge in [-0.25, -0.2) is 4.39 Å². The Morgan fingerprint density at radius 2 is 1.66 bits per heavy atom. The van der Waals surface area contributed by atoms with Gasteiger partial charge in [-0.3, -0.25) is 4.79 Å². The molecular weight excluding hydrogens is 420 g/mol. The first-order valence-corrected chi connectivity index (χ1v) is 10.1. The van der Waals surface area contributed by atoms with Gasteiger partial charge in [0.25, 0.3) is 0 Å². The number of nitrogens with zero attached hydrogens (tertiary/aromatic N) is 1. The van der Waals surface area contributed by atoms with E-state index in [0.717, 1.165) is 11.1 Å². The molecule has 1 unspecified atom stereocenters. The zero-order valence-corrected chi connectivity index (χ0v) is 17.8. The Morgan fingerprint density at radius 1 is 0.969 bits per heavy atom. The van der Waals surface area contributed by atoms with Gasteiger partial charge in [-0.1, -0.05) is 48.5 Å². The van der Waals surface area contributed by atoms with Crippen molar-refractivity contribution in [1.82, 2.24) is 0 Å². The Bertz CT molecular complexity index is 1100. The smallest absolute Gasteiger partial charge is 0.316 e. The van der Waals surface area contributed by atoms with E-state index >= 15 is 0 Å². The standard InChI is InChI=1S/C25H24F4N2O/c1-16-11-12-20(15-17(16)2)31(24(32)23(30)19-7-4-3-5-8-19)14-13-18-9-6-10-21(22(18)26)25(27,28)29/h3-12,15,23H,13-14,30H2,1-2H3. The van der Waals surface area contributed by atoms with Gasteiger partial charge in [0, 0.05) is 12.2 Å². The molecule has 32 heavy (non-hydrogen) atoms. The molecule has 0 radical (unpaired) electrons. The molecule has 0 saturated carbocycles. The summed E-state index contributed by atoms with van der Waals surface area (Å²) in [5.74, 6) is -1.74. The zero-order valence-electron chi connectivity index (χ0n) is 17.8. The van der Waals surface area contributed by atoms with Crippen molar-refractivity contribution < 1.29 is 22.4 Å². The lowest BCUT2D eigenvalue weighted by molar-refractivity contribution is -0.140. The number of halogens is 4. The van der Waals surface area contributed by atoms with Crippen LogP contribution < -0.4 is 10.6 Å². The van der Waals surface area contributed by atoms with E-state index < -0.39 is 29.5 Å². The maximum atomic E-state index is 14.5. The van der Waals surface area contributed by atoms with Crippen molar-refractivity contribution in [3.05, 3.63) is 100 Å². The molecule has 168 valence electrons. The van der Waals surface area contributed by atoms with Crippen molar-refractivity contribution in [3.63, 3.8) is 0 Å². The number of rotatable bonds is 6. The topological polar surface area (TPSA) is 46.3 Å². The highest BCUT2D eigenvalue weighted by Crippen LogP contribution is 2.33. The second kappa shape index (κ2) is 9.53. The van der Waals surface area contributed by atoms with E-state index in [-0.39, 0.29) is 18.5 Å². The summed E-state index contributed by atoms with van der Waals surface area (Å²) in [5.41, 5.74) is 7.90. The Balaban J connectivity index is 1.93. The quantitative estimate of drug-likeness (QED) is 0.493. The maximum Gasteiger partial charge on any atom is 0.419 e. The van der Waals surface area contributed by atoms with E-state index in [1.807, 2.05) is 26.0 Å². The van der Waals surface area contributed by atoms with Crippen molar-refractivity contribution in [3.8, 4) is 0 Å². The summed E-state index contributed by atoms with van der Waals surface area (Å²) in [6, 6.07) is 16.4. The molecule has 0 fully saturated rings. The van der Waals surface area contributed by atoms with Crippen LogP contribution in [0.25, 0.3) is 0 Å². The third-order valence-corrected chi connectivity index (χ3v) is 5.48. The molecule has 0 saturated heterocycles. The Labute approximate surface area is 184 Å². The number of amides is 1. The van der Waals surface area contributed by atoms with Gasteiger partial charge in [0.1, 0.15) is 11.9 Å². The van der Waals surface area contributed by atoms with Gasteiger partial charge in [0.15, 0.2) is 0 Å². The average Bonchev–Trinajstić information content (AvgIpc) is 2.76. The van der Waals surface area contributed by atoms with Crippen LogP contribution >= 0.6 is 0 Å². The minimum atomic E-state index is -4.79. The number of hydrogen-bond acceptors (Lipinski definition) is 2.